The lowest BCUT2D eigenvalue weighted by atomic mass is 9.77. The Bertz CT molecular complexity index is 900. The van der Waals surface area contributed by atoms with Crippen LogP contribution in [0.25, 0.3) is 10.9 Å². The zero-order valence-corrected chi connectivity index (χ0v) is 15.7. The summed E-state index contributed by atoms with van der Waals surface area (Å²) in [5.74, 6) is 0.336. The van der Waals surface area contributed by atoms with E-state index in [4.69, 9.17) is 5.73 Å². The van der Waals surface area contributed by atoms with E-state index in [0.717, 1.165) is 23.7 Å². The summed E-state index contributed by atoms with van der Waals surface area (Å²) in [5.41, 5.74) is 6.95. The van der Waals surface area contributed by atoms with Crippen LogP contribution in [0.3, 0.4) is 0 Å². The topological polar surface area (TPSA) is 94.8 Å². The molecule has 3 heterocycles. The number of aromatic nitrogens is 1. The van der Waals surface area contributed by atoms with E-state index in [-0.39, 0.29) is 23.7 Å². The summed E-state index contributed by atoms with van der Waals surface area (Å²) < 4.78 is 0. The second kappa shape index (κ2) is 6.40. The Labute approximate surface area is 158 Å². The molecule has 0 spiro atoms. The molecule has 1 saturated heterocycles. The standard InChI is InChI=1S/C20H25N5O2/c1-20(11-17(26)24(2)19(21)23-20)14-7-5-9-25(12-14)18(27)16-10-13-6-3-4-8-15(13)22-16/h3-4,6,8,10,14,22H,5,7,9,11-12H2,1-2H3,(H2,21,23)/t14?,20-/m0/s1. The van der Waals surface area contributed by atoms with Crippen molar-refractivity contribution in [2.24, 2.45) is 16.6 Å². The maximum Gasteiger partial charge on any atom is 0.270 e. The van der Waals surface area contributed by atoms with Crippen LogP contribution in [0.4, 0.5) is 0 Å². The van der Waals surface area contributed by atoms with Gasteiger partial charge in [-0.2, -0.15) is 0 Å². The third-order valence-corrected chi connectivity index (χ3v) is 5.95. The van der Waals surface area contributed by atoms with E-state index in [1.54, 1.807) is 7.05 Å². The minimum absolute atomic E-state index is 0.00398. The van der Waals surface area contributed by atoms with E-state index < -0.39 is 5.54 Å². The summed E-state index contributed by atoms with van der Waals surface area (Å²) in [6.45, 7) is 3.28. The number of H-pyrrole nitrogens is 1. The summed E-state index contributed by atoms with van der Waals surface area (Å²) in [7, 11) is 1.65. The number of nitrogens with two attached hydrogens (primary N) is 1. The van der Waals surface area contributed by atoms with Crippen LogP contribution in [0.15, 0.2) is 35.3 Å². The Morgan fingerprint density at radius 1 is 1.37 bits per heavy atom. The van der Waals surface area contributed by atoms with Crippen molar-refractivity contribution in [3.8, 4) is 0 Å². The molecule has 2 aromatic rings. The van der Waals surface area contributed by atoms with Crippen LogP contribution in [0.1, 0.15) is 36.7 Å². The number of carbonyl (C=O) groups excluding carboxylic acids is 2. The van der Waals surface area contributed by atoms with Gasteiger partial charge in [0.1, 0.15) is 5.69 Å². The fourth-order valence-corrected chi connectivity index (χ4v) is 4.19. The minimum Gasteiger partial charge on any atom is -0.369 e. The number of hydrogen-bond donors (Lipinski definition) is 2. The van der Waals surface area contributed by atoms with Gasteiger partial charge in [-0.15, -0.1) is 0 Å². The van der Waals surface area contributed by atoms with Gasteiger partial charge in [-0.3, -0.25) is 14.5 Å². The Morgan fingerprint density at radius 2 is 2.15 bits per heavy atom. The maximum atomic E-state index is 13.0. The van der Waals surface area contributed by atoms with Crippen molar-refractivity contribution in [1.82, 2.24) is 14.8 Å². The molecular weight excluding hydrogens is 342 g/mol. The molecule has 1 unspecified atom stereocenters. The molecule has 1 aromatic heterocycles. The number of aromatic amines is 1. The van der Waals surface area contributed by atoms with Crippen molar-refractivity contribution in [3.05, 3.63) is 36.0 Å². The summed E-state index contributed by atoms with van der Waals surface area (Å²) in [5, 5.41) is 1.03. The Balaban J connectivity index is 1.56. The molecule has 142 valence electrons. The zero-order chi connectivity index (χ0) is 19.2. The predicted octanol–water partition coefficient (Wildman–Crippen LogP) is 1.96. The fraction of sp³-hybridized carbons (Fsp3) is 0.450. The number of carbonyl (C=O) groups is 2. The first-order valence-corrected chi connectivity index (χ1v) is 9.36. The highest BCUT2D eigenvalue weighted by molar-refractivity contribution is 5.99. The molecule has 0 bridgehead atoms. The van der Waals surface area contributed by atoms with E-state index in [0.29, 0.717) is 25.2 Å². The number of rotatable bonds is 2. The normalized spacial score (nSPS) is 26.4. The summed E-state index contributed by atoms with van der Waals surface area (Å²) >= 11 is 0. The first-order valence-electron chi connectivity index (χ1n) is 9.36. The predicted molar refractivity (Wildman–Crippen MR) is 104 cm³/mol. The van der Waals surface area contributed by atoms with Gasteiger partial charge in [-0.25, -0.2) is 4.99 Å². The first-order chi connectivity index (χ1) is 12.9. The fourth-order valence-electron chi connectivity index (χ4n) is 4.19. The number of aliphatic imine (C=N–C) groups is 1. The number of amides is 2. The second-order valence-electron chi connectivity index (χ2n) is 7.82. The van der Waals surface area contributed by atoms with E-state index in [2.05, 4.69) is 9.98 Å². The largest absolute Gasteiger partial charge is 0.369 e. The number of fused-ring (bicyclic) bond motifs is 1. The van der Waals surface area contributed by atoms with Gasteiger partial charge in [0.05, 0.1) is 12.0 Å². The van der Waals surface area contributed by atoms with Gasteiger partial charge >= 0.3 is 0 Å². The van der Waals surface area contributed by atoms with Gasteiger partial charge in [0.2, 0.25) is 5.91 Å². The van der Waals surface area contributed by atoms with Gasteiger partial charge in [0.25, 0.3) is 5.91 Å². The lowest BCUT2D eigenvalue weighted by molar-refractivity contribution is -0.129. The average Bonchev–Trinajstić information content (AvgIpc) is 3.10. The highest BCUT2D eigenvalue weighted by atomic mass is 16.2. The van der Waals surface area contributed by atoms with Crippen molar-refractivity contribution in [2.45, 2.75) is 31.7 Å². The lowest BCUT2D eigenvalue weighted by Gasteiger charge is -2.43. The number of guanidine groups is 1. The Kier molecular flexibility index (Phi) is 4.17. The van der Waals surface area contributed by atoms with Crippen molar-refractivity contribution >= 4 is 28.7 Å². The van der Waals surface area contributed by atoms with E-state index in [1.807, 2.05) is 42.2 Å². The molecule has 1 aromatic carbocycles. The van der Waals surface area contributed by atoms with Gasteiger partial charge in [0, 0.05) is 37.0 Å². The van der Waals surface area contributed by atoms with Gasteiger partial charge in [0.15, 0.2) is 5.96 Å². The van der Waals surface area contributed by atoms with Crippen molar-refractivity contribution in [3.63, 3.8) is 0 Å². The third-order valence-electron chi connectivity index (χ3n) is 5.95. The molecule has 4 rings (SSSR count). The van der Waals surface area contributed by atoms with Crippen LogP contribution in [0, 0.1) is 5.92 Å². The van der Waals surface area contributed by atoms with E-state index in [9.17, 15) is 9.59 Å². The van der Waals surface area contributed by atoms with E-state index in [1.165, 1.54) is 4.90 Å². The number of nitrogens with one attached hydrogen (secondary N) is 1. The molecule has 2 aliphatic rings. The highest BCUT2D eigenvalue weighted by Gasteiger charge is 2.43. The molecular formula is C20H25N5O2. The van der Waals surface area contributed by atoms with Crippen LogP contribution >= 0.6 is 0 Å². The summed E-state index contributed by atoms with van der Waals surface area (Å²) in [6, 6.07) is 9.77. The number of nitrogens with zero attached hydrogens (tertiary/aromatic N) is 3. The monoisotopic (exact) mass is 367 g/mol. The number of likely N-dealkylation sites (tertiary alicyclic amines) is 1. The number of para-hydroxylation sites is 1. The van der Waals surface area contributed by atoms with Crippen molar-refractivity contribution in [2.75, 3.05) is 20.1 Å². The van der Waals surface area contributed by atoms with E-state index >= 15 is 0 Å². The molecule has 0 radical (unpaired) electrons. The quantitative estimate of drug-likeness (QED) is 0.849. The van der Waals surface area contributed by atoms with Crippen LogP contribution in [-0.2, 0) is 4.79 Å². The smallest absolute Gasteiger partial charge is 0.270 e. The molecule has 1 fully saturated rings. The molecule has 7 nitrogen and oxygen atoms in total. The third kappa shape index (κ3) is 3.07. The van der Waals surface area contributed by atoms with Crippen molar-refractivity contribution < 1.29 is 9.59 Å². The molecule has 2 aliphatic heterocycles. The first kappa shape index (κ1) is 17.6. The van der Waals surface area contributed by atoms with Crippen LogP contribution in [0.5, 0.6) is 0 Å². The average molecular weight is 367 g/mol. The molecule has 0 saturated carbocycles. The van der Waals surface area contributed by atoms with Gasteiger partial charge in [-0.05, 0) is 31.9 Å². The van der Waals surface area contributed by atoms with Gasteiger partial charge < -0.3 is 15.6 Å². The minimum atomic E-state index is -0.562. The Morgan fingerprint density at radius 3 is 2.89 bits per heavy atom. The molecule has 3 N–H and O–H groups in total. The molecule has 27 heavy (non-hydrogen) atoms. The van der Waals surface area contributed by atoms with Crippen LogP contribution in [0.2, 0.25) is 0 Å². The zero-order valence-electron chi connectivity index (χ0n) is 15.7. The van der Waals surface area contributed by atoms with Crippen LogP contribution < -0.4 is 5.73 Å². The number of hydrogen-bond acceptors (Lipinski definition) is 4. The lowest BCUT2D eigenvalue weighted by Crippen LogP contribution is -2.54. The maximum absolute atomic E-state index is 13.0. The summed E-state index contributed by atoms with van der Waals surface area (Å²) in [4.78, 5) is 36.4. The molecule has 2 atom stereocenters. The number of benzene rings is 1. The number of piperidine rings is 1. The second-order valence-corrected chi connectivity index (χ2v) is 7.82. The van der Waals surface area contributed by atoms with Gasteiger partial charge in [-0.1, -0.05) is 18.2 Å². The summed E-state index contributed by atoms with van der Waals surface area (Å²) in [6.07, 6.45) is 2.15. The van der Waals surface area contributed by atoms with Crippen molar-refractivity contribution in [1.29, 1.82) is 0 Å². The highest BCUT2D eigenvalue weighted by Crippen LogP contribution is 2.36. The van der Waals surface area contributed by atoms with Crippen LogP contribution in [-0.4, -0.2) is 58.2 Å². The molecule has 7 heteroatoms. The molecule has 0 aliphatic carbocycles. The Hall–Kier alpha value is -2.83. The SMILES string of the molecule is CN1C(=O)C[C@@](C)(C2CCCN(C(=O)c3cc4ccccc4[nH]3)C2)N=C1N. The molecule has 2 amide bonds.